The molecule has 23 heavy (non-hydrogen) atoms. The molecule has 2 heterocycles. The van der Waals surface area contributed by atoms with E-state index in [1.54, 1.807) is 0 Å². The SMILES string of the molecule is Cc1cccc(N2CC3CN(c4ccccc4)CCN3C2=O)c1. The van der Waals surface area contributed by atoms with Gasteiger partial charge in [-0.05, 0) is 36.8 Å². The Hall–Kier alpha value is -2.49. The summed E-state index contributed by atoms with van der Waals surface area (Å²) in [7, 11) is 0. The molecule has 0 N–H and O–H groups in total. The van der Waals surface area contributed by atoms with E-state index in [0.717, 1.165) is 31.9 Å². The number of fused-ring (bicyclic) bond motifs is 1. The van der Waals surface area contributed by atoms with Crippen molar-refractivity contribution in [3.63, 3.8) is 0 Å². The summed E-state index contributed by atoms with van der Waals surface area (Å²) >= 11 is 0. The molecule has 4 nitrogen and oxygen atoms in total. The third kappa shape index (κ3) is 2.54. The first-order valence-electron chi connectivity index (χ1n) is 8.17. The molecule has 0 radical (unpaired) electrons. The largest absolute Gasteiger partial charge is 0.368 e. The van der Waals surface area contributed by atoms with Crippen molar-refractivity contribution < 1.29 is 4.79 Å². The van der Waals surface area contributed by atoms with E-state index in [0.29, 0.717) is 0 Å². The number of hydrogen-bond donors (Lipinski definition) is 0. The second-order valence-electron chi connectivity index (χ2n) is 6.36. The fourth-order valence-corrected chi connectivity index (χ4v) is 3.59. The number of amides is 2. The minimum atomic E-state index is 0.147. The molecule has 0 aromatic heterocycles. The van der Waals surface area contributed by atoms with E-state index in [4.69, 9.17) is 0 Å². The van der Waals surface area contributed by atoms with Crippen molar-refractivity contribution in [1.29, 1.82) is 0 Å². The first kappa shape index (κ1) is 14.1. The quantitative estimate of drug-likeness (QED) is 0.852. The minimum absolute atomic E-state index is 0.147. The highest BCUT2D eigenvalue weighted by Crippen LogP contribution is 2.28. The molecule has 4 heteroatoms. The number of para-hydroxylation sites is 1. The molecule has 4 rings (SSSR count). The van der Waals surface area contributed by atoms with Crippen LogP contribution in [0.15, 0.2) is 54.6 Å². The number of piperazine rings is 1. The molecule has 0 aliphatic carbocycles. The summed E-state index contributed by atoms with van der Waals surface area (Å²) in [5.41, 5.74) is 3.44. The monoisotopic (exact) mass is 307 g/mol. The zero-order valence-electron chi connectivity index (χ0n) is 13.4. The van der Waals surface area contributed by atoms with Gasteiger partial charge in [-0.1, -0.05) is 30.3 Å². The number of hydrogen-bond acceptors (Lipinski definition) is 2. The van der Waals surface area contributed by atoms with Gasteiger partial charge in [-0.2, -0.15) is 0 Å². The van der Waals surface area contributed by atoms with Crippen molar-refractivity contribution in [2.24, 2.45) is 0 Å². The van der Waals surface area contributed by atoms with Crippen LogP contribution >= 0.6 is 0 Å². The second kappa shape index (κ2) is 5.61. The van der Waals surface area contributed by atoms with Crippen LogP contribution in [0.3, 0.4) is 0 Å². The Morgan fingerprint density at radius 2 is 1.70 bits per heavy atom. The molecule has 2 aliphatic rings. The Labute approximate surface area is 136 Å². The summed E-state index contributed by atoms with van der Waals surface area (Å²) in [6.45, 7) is 5.42. The van der Waals surface area contributed by atoms with Crippen molar-refractivity contribution in [3.05, 3.63) is 60.2 Å². The van der Waals surface area contributed by atoms with Gasteiger partial charge in [0.25, 0.3) is 0 Å². The smallest absolute Gasteiger partial charge is 0.324 e. The van der Waals surface area contributed by atoms with E-state index < -0.39 is 0 Å². The van der Waals surface area contributed by atoms with Gasteiger partial charge in [0.05, 0.1) is 6.04 Å². The van der Waals surface area contributed by atoms with Crippen LogP contribution in [0.4, 0.5) is 16.2 Å². The van der Waals surface area contributed by atoms with E-state index in [2.05, 4.69) is 48.2 Å². The molecule has 2 amide bonds. The van der Waals surface area contributed by atoms with E-state index in [-0.39, 0.29) is 12.1 Å². The Morgan fingerprint density at radius 3 is 2.48 bits per heavy atom. The zero-order chi connectivity index (χ0) is 15.8. The number of rotatable bonds is 2. The van der Waals surface area contributed by atoms with Crippen LogP contribution in [0, 0.1) is 6.92 Å². The van der Waals surface area contributed by atoms with E-state index in [1.165, 1.54) is 11.3 Å². The van der Waals surface area contributed by atoms with E-state index >= 15 is 0 Å². The first-order valence-corrected chi connectivity index (χ1v) is 8.17. The standard InChI is InChI=1S/C19H21N3O/c1-15-6-5-9-17(12-15)22-14-18-13-20(10-11-21(18)19(22)23)16-7-3-2-4-8-16/h2-9,12,18H,10-11,13-14H2,1H3. The fraction of sp³-hybridized carbons (Fsp3) is 0.316. The number of aryl methyl sites for hydroxylation is 1. The highest BCUT2D eigenvalue weighted by Gasteiger charge is 2.41. The van der Waals surface area contributed by atoms with Gasteiger partial charge in [0, 0.05) is 37.6 Å². The topological polar surface area (TPSA) is 26.8 Å². The Kier molecular flexibility index (Phi) is 3.45. The van der Waals surface area contributed by atoms with Gasteiger partial charge in [0.15, 0.2) is 0 Å². The third-order valence-corrected chi connectivity index (χ3v) is 4.79. The number of carbonyl (C=O) groups is 1. The van der Waals surface area contributed by atoms with Crippen molar-refractivity contribution in [2.75, 3.05) is 36.0 Å². The number of carbonyl (C=O) groups excluding carboxylic acids is 1. The third-order valence-electron chi connectivity index (χ3n) is 4.79. The molecule has 2 aliphatic heterocycles. The molecule has 2 saturated heterocycles. The molecule has 2 fully saturated rings. The molecule has 118 valence electrons. The van der Waals surface area contributed by atoms with Gasteiger partial charge >= 0.3 is 6.03 Å². The predicted octanol–water partition coefficient (Wildman–Crippen LogP) is 3.13. The van der Waals surface area contributed by atoms with Crippen LogP contribution in [-0.4, -0.2) is 43.2 Å². The first-order chi connectivity index (χ1) is 11.2. The summed E-state index contributed by atoms with van der Waals surface area (Å²) in [6.07, 6.45) is 0. The number of benzene rings is 2. The molecule has 0 bridgehead atoms. The van der Waals surface area contributed by atoms with Crippen LogP contribution in [0.5, 0.6) is 0 Å². The van der Waals surface area contributed by atoms with Gasteiger partial charge in [-0.25, -0.2) is 4.79 Å². The summed E-state index contributed by atoms with van der Waals surface area (Å²) < 4.78 is 0. The van der Waals surface area contributed by atoms with Crippen molar-refractivity contribution in [1.82, 2.24) is 4.90 Å². The maximum Gasteiger partial charge on any atom is 0.324 e. The normalized spacial score (nSPS) is 20.8. The lowest BCUT2D eigenvalue weighted by Gasteiger charge is -2.37. The van der Waals surface area contributed by atoms with Crippen LogP contribution in [0.25, 0.3) is 0 Å². The van der Waals surface area contributed by atoms with Gasteiger partial charge in [-0.15, -0.1) is 0 Å². The maximum absolute atomic E-state index is 12.7. The van der Waals surface area contributed by atoms with E-state index in [9.17, 15) is 4.79 Å². The minimum Gasteiger partial charge on any atom is -0.368 e. The van der Waals surface area contributed by atoms with Crippen LogP contribution in [0.2, 0.25) is 0 Å². The highest BCUT2D eigenvalue weighted by atomic mass is 16.2. The second-order valence-corrected chi connectivity index (χ2v) is 6.36. The van der Waals surface area contributed by atoms with Crippen molar-refractivity contribution >= 4 is 17.4 Å². The highest BCUT2D eigenvalue weighted by molar-refractivity contribution is 5.95. The Morgan fingerprint density at radius 1 is 0.913 bits per heavy atom. The average molecular weight is 307 g/mol. The summed E-state index contributed by atoms with van der Waals surface area (Å²) in [6, 6.07) is 19.1. The molecule has 1 atom stereocenters. The maximum atomic E-state index is 12.7. The Bertz CT molecular complexity index is 716. The molecule has 2 aromatic carbocycles. The molecular weight excluding hydrogens is 286 g/mol. The molecule has 0 spiro atoms. The summed E-state index contributed by atoms with van der Waals surface area (Å²) in [4.78, 5) is 19.1. The lowest BCUT2D eigenvalue weighted by molar-refractivity contribution is 0.199. The fourth-order valence-electron chi connectivity index (χ4n) is 3.59. The number of urea groups is 1. The average Bonchev–Trinajstić information content (AvgIpc) is 2.92. The number of anilines is 2. The molecular formula is C19H21N3O. The van der Waals surface area contributed by atoms with Gasteiger partial charge in [-0.3, -0.25) is 4.90 Å². The van der Waals surface area contributed by atoms with Crippen molar-refractivity contribution in [2.45, 2.75) is 13.0 Å². The molecule has 2 aromatic rings. The van der Waals surface area contributed by atoms with Gasteiger partial charge in [0.1, 0.15) is 0 Å². The predicted molar refractivity (Wildman–Crippen MR) is 93.1 cm³/mol. The molecule has 0 saturated carbocycles. The molecule has 1 unspecified atom stereocenters. The zero-order valence-corrected chi connectivity index (χ0v) is 13.4. The Balaban J connectivity index is 1.54. The number of nitrogens with zero attached hydrogens (tertiary/aromatic N) is 3. The van der Waals surface area contributed by atoms with Crippen LogP contribution in [-0.2, 0) is 0 Å². The van der Waals surface area contributed by atoms with Gasteiger partial charge < -0.3 is 9.80 Å². The lowest BCUT2D eigenvalue weighted by Crippen LogP contribution is -2.52. The van der Waals surface area contributed by atoms with Crippen LogP contribution in [0.1, 0.15) is 5.56 Å². The lowest BCUT2D eigenvalue weighted by atomic mass is 10.1. The van der Waals surface area contributed by atoms with Crippen LogP contribution < -0.4 is 9.80 Å². The van der Waals surface area contributed by atoms with E-state index in [1.807, 2.05) is 28.0 Å². The van der Waals surface area contributed by atoms with Crippen molar-refractivity contribution in [3.8, 4) is 0 Å². The summed E-state index contributed by atoms with van der Waals surface area (Å²) in [5, 5.41) is 0. The summed E-state index contributed by atoms with van der Waals surface area (Å²) in [5.74, 6) is 0. The van der Waals surface area contributed by atoms with Gasteiger partial charge in [0.2, 0.25) is 0 Å².